The number of phenols is 1. The zero-order chi connectivity index (χ0) is 22.3. The lowest BCUT2D eigenvalue weighted by atomic mass is 9.87. The van der Waals surface area contributed by atoms with Crippen LogP contribution in [0.2, 0.25) is 0 Å². The highest BCUT2D eigenvalue weighted by Gasteiger charge is 2.19. The van der Waals surface area contributed by atoms with Crippen molar-refractivity contribution >= 4 is 17.8 Å². The first kappa shape index (κ1) is 22.7. The van der Waals surface area contributed by atoms with Crippen molar-refractivity contribution in [3.05, 3.63) is 57.6 Å². The summed E-state index contributed by atoms with van der Waals surface area (Å²) in [5.74, 6) is -0.544. The van der Waals surface area contributed by atoms with Gasteiger partial charge in [-0.3, -0.25) is 14.9 Å². The Labute approximate surface area is 174 Å². The van der Waals surface area contributed by atoms with Gasteiger partial charge in [-0.15, -0.1) is 0 Å². The number of aromatic hydroxyl groups is 1. The van der Waals surface area contributed by atoms with Crippen LogP contribution < -0.4 is 14.9 Å². The highest BCUT2D eigenvalue weighted by molar-refractivity contribution is 5.85. The minimum absolute atomic E-state index is 0.0238. The molecule has 9 nitrogen and oxygen atoms in total. The fourth-order valence-electron chi connectivity index (χ4n) is 2.50. The lowest BCUT2D eigenvalue weighted by Crippen LogP contribution is -2.24. The third kappa shape index (κ3) is 6.20. The summed E-state index contributed by atoms with van der Waals surface area (Å²) < 4.78 is 10.6. The summed E-state index contributed by atoms with van der Waals surface area (Å²) in [5.41, 5.74) is 3.22. The molecule has 0 radical (unpaired) electrons. The smallest absolute Gasteiger partial charge is 0.315 e. The molecular weight excluding hydrogens is 390 g/mol. The maximum Gasteiger partial charge on any atom is 0.315 e. The van der Waals surface area contributed by atoms with Crippen molar-refractivity contribution in [2.45, 2.75) is 33.1 Å². The van der Waals surface area contributed by atoms with E-state index >= 15 is 0 Å². The van der Waals surface area contributed by atoms with Gasteiger partial charge in [-0.25, -0.2) is 5.43 Å². The zero-order valence-electron chi connectivity index (χ0n) is 17.3. The van der Waals surface area contributed by atoms with E-state index in [1.165, 1.54) is 12.3 Å². The normalized spacial score (nSPS) is 11.3. The Morgan fingerprint density at radius 3 is 2.47 bits per heavy atom. The molecule has 0 aliphatic heterocycles. The molecule has 2 rings (SSSR count). The van der Waals surface area contributed by atoms with Gasteiger partial charge in [0.25, 0.3) is 5.91 Å². The number of carbonyl (C=O) groups is 1. The Morgan fingerprint density at radius 2 is 1.90 bits per heavy atom. The van der Waals surface area contributed by atoms with Gasteiger partial charge < -0.3 is 14.6 Å². The first-order valence-corrected chi connectivity index (χ1v) is 9.31. The van der Waals surface area contributed by atoms with Crippen LogP contribution in [0.3, 0.4) is 0 Å². The number of amides is 1. The second kappa shape index (κ2) is 9.73. The average Bonchev–Trinajstić information content (AvgIpc) is 2.68. The van der Waals surface area contributed by atoms with Gasteiger partial charge >= 0.3 is 5.69 Å². The van der Waals surface area contributed by atoms with Gasteiger partial charge in [0.2, 0.25) is 5.75 Å². The largest absolute Gasteiger partial charge is 0.500 e. The second-order valence-electron chi connectivity index (χ2n) is 7.43. The van der Waals surface area contributed by atoms with Crippen LogP contribution in [0.1, 0.15) is 38.8 Å². The highest BCUT2D eigenvalue weighted by Crippen LogP contribution is 2.36. The lowest BCUT2D eigenvalue weighted by Gasteiger charge is -2.19. The van der Waals surface area contributed by atoms with Gasteiger partial charge in [-0.2, -0.15) is 5.10 Å². The molecule has 0 heterocycles. The summed E-state index contributed by atoms with van der Waals surface area (Å²) in [6, 6.07) is 9.98. The first-order valence-electron chi connectivity index (χ1n) is 9.31. The fourth-order valence-corrected chi connectivity index (χ4v) is 2.50. The molecule has 2 aromatic carbocycles. The number of rotatable bonds is 8. The number of benzene rings is 2. The molecule has 0 spiro atoms. The molecule has 0 aliphatic carbocycles. The standard InChI is InChI=1S/C21H25N3O6/c1-5-29-18-11-14(10-17(20(18)26)24(27)28)12-22-23-19(25)13-30-16-8-6-15(7-9-16)21(2,3)4/h6-12,26H,5,13H2,1-4H3,(H,23,25). The number of hydrazone groups is 1. The zero-order valence-corrected chi connectivity index (χ0v) is 17.3. The van der Waals surface area contributed by atoms with Crippen molar-refractivity contribution in [1.82, 2.24) is 5.43 Å². The third-order valence-corrected chi connectivity index (χ3v) is 4.07. The number of nitro benzene ring substituents is 1. The van der Waals surface area contributed by atoms with Gasteiger partial charge in [-0.1, -0.05) is 32.9 Å². The summed E-state index contributed by atoms with van der Waals surface area (Å²) in [7, 11) is 0. The number of ether oxygens (including phenoxy) is 2. The van der Waals surface area contributed by atoms with Gasteiger partial charge in [0, 0.05) is 11.6 Å². The summed E-state index contributed by atoms with van der Waals surface area (Å²) in [6.07, 6.45) is 1.21. The molecule has 1 amide bonds. The van der Waals surface area contributed by atoms with E-state index in [2.05, 4.69) is 31.3 Å². The quantitative estimate of drug-likeness (QED) is 0.386. The lowest BCUT2D eigenvalue weighted by molar-refractivity contribution is -0.386. The van der Waals surface area contributed by atoms with E-state index in [1.807, 2.05) is 12.1 Å². The van der Waals surface area contributed by atoms with E-state index in [0.717, 1.165) is 11.6 Å². The number of nitrogens with zero attached hydrogens (tertiary/aromatic N) is 2. The van der Waals surface area contributed by atoms with E-state index in [1.54, 1.807) is 19.1 Å². The highest BCUT2D eigenvalue weighted by atomic mass is 16.6. The molecule has 0 aromatic heterocycles. The number of hydrogen-bond donors (Lipinski definition) is 2. The molecule has 0 bridgehead atoms. The minimum atomic E-state index is -0.730. The van der Waals surface area contributed by atoms with Gasteiger partial charge in [0.1, 0.15) is 5.75 Å². The summed E-state index contributed by atoms with van der Waals surface area (Å²) >= 11 is 0. The van der Waals surface area contributed by atoms with Crippen molar-refractivity contribution in [1.29, 1.82) is 0 Å². The monoisotopic (exact) mass is 415 g/mol. The van der Waals surface area contributed by atoms with E-state index in [0.29, 0.717) is 5.75 Å². The molecule has 0 atom stereocenters. The molecule has 0 unspecified atom stereocenters. The molecule has 0 saturated carbocycles. The number of hydrogen-bond acceptors (Lipinski definition) is 7. The van der Waals surface area contributed by atoms with Crippen LogP contribution in [0.25, 0.3) is 0 Å². The Bertz CT molecular complexity index is 933. The van der Waals surface area contributed by atoms with Crippen LogP contribution in [-0.4, -0.2) is 35.4 Å². The summed E-state index contributed by atoms with van der Waals surface area (Å²) in [6.45, 7) is 7.97. The van der Waals surface area contributed by atoms with Crippen LogP contribution in [-0.2, 0) is 10.2 Å². The third-order valence-electron chi connectivity index (χ3n) is 4.07. The maximum absolute atomic E-state index is 11.9. The molecule has 2 aromatic rings. The van der Waals surface area contributed by atoms with Gasteiger partial charge in [0.05, 0.1) is 17.7 Å². The Balaban J connectivity index is 1.96. The summed E-state index contributed by atoms with van der Waals surface area (Å²) in [5, 5.41) is 24.7. The number of nitro groups is 1. The van der Waals surface area contributed by atoms with Crippen LogP contribution in [0.4, 0.5) is 5.69 Å². The summed E-state index contributed by atoms with van der Waals surface area (Å²) in [4.78, 5) is 22.2. The Hall–Kier alpha value is -3.62. The van der Waals surface area contributed by atoms with Crippen molar-refractivity contribution < 1.29 is 24.3 Å². The molecule has 2 N–H and O–H groups in total. The van der Waals surface area contributed by atoms with E-state index in [9.17, 15) is 20.0 Å². The van der Waals surface area contributed by atoms with Crippen LogP contribution >= 0.6 is 0 Å². The molecule has 0 fully saturated rings. The predicted molar refractivity (Wildman–Crippen MR) is 112 cm³/mol. The molecule has 0 aliphatic rings. The van der Waals surface area contributed by atoms with Gasteiger partial charge in [0.15, 0.2) is 12.4 Å². The van der Waals surface area contributed by atoms with E-state index in [-0.39, 0.29) is 29.9 Å². The fraction of sp³-hybridized carbons (Fsp3) is 0.333. The van der Waals surface area contributed by atoms with Gasteiger partial charge in [-0.05, 0) is 36.1 Å². The second-order valence-corrected chi connectivity index (χ2v) is 7.43. The molecule has 160 valence electrons. The predicted octanol–water partition coefficient (Wildman–Crippen LogP) is 3.53. The Morgan fingerprint density at radius 1 is 1.23 bits per heavy atom. The maximum atomic E-state index is 11.9. The molecular formula is C21H25N3O6. The topological polar surface area (TPSA) is 123 Å². The van der Waals surface area contributed by atoms with E-state index in [4.69, 9.17) is 9.47 Å². The van der Waals surface area contributed by atoms with Crippen molar-refractivity contribution in [3.8, 4) is 17.2 Å². The molecule has 9 heteroatoms. The Kier molecular flexibility index (Phi) is 7.35. The number of phenolic OH excluding ortho intramolecular Hbond substituents is 1. The minimum Gasteiger partial charge on any atom is -0.500 e. The molecule has 0 saturated heterocycles. The van der Waals surface area contributed by atoms with E-state index < -0.39 is 22.3 Å². The number of nitrogens with one attached hydrogen (secondary N) is 1. The van der Waals surface area contributed by atoms with Crippen molar-refractivity contribution in [2.24, 2.45) is 5.10 Å². The first-order chi connectivity index (χ1) is 14.1. The van der Waals surface area contributed by atoms with Crippen LogP contribution in [0.5, 0.6) is 17.2 Å². The van der Waals surface area contributed by atoms with Crippen LogP contribution in [0, 0.1) is 10.1 Å². The van der Waals surface area contributed by atoms with Crippen LogP contribution in [0.15, 0.2) is 41.5 Å². The SMILES string of the molecule is CCOc1cc(C=NNC(=O)COc2ccc(C(C)(C)C)cc2)cc([N+](=O)[O-])c1O. The van der Waals surface area contributed by atoms with Crippen molar-refractivity contribution in [2.75, 3.05) is 13.2 Å². The van der Waals surface area contributed by atoms with Crippen molar-refractivity contribution in [3.63, 3.8) is 0 Å². The molecule has 30 heavy (non-hydrogen) atoms. The average molecular weight is 415 g/mol. The number of carbonyl (C=O) groups excluding carboxylic acids is 1.